The normalized spacial score (nSPS) is 11.8. The Morgan fingerprint density at radius 2 is 0.781 bits per heavy atom. The Morgan fingerprint density at radius 3 is 1.16 bits per heavy atom. The van der Waals surface area contributed by atoms with Gasteiger partial charge in [-0.2, -0.15) is 33.7 Å². The van der Waals surface area contributed by atoms with E-state index >= 15 is 0 Å². The van der Waals surface area contributed by atoms with E-state index in [1.807, 2.05) is 0 Å². The number of benzene rings is 6. The number of hydrogen-bond acceptors (Lipinski definition) is 14. The van der Waals surface area contributed by atoms with Gasteiger partial charge >= 0.3 is 0 Å². The van der Waals surface area contributed by atoms with Crippen molar-refractivity contribution < 1.29 is 81.3 Å². The highest BCUT2D eigenvalue weighted by molar-refractivity contribution is 7.86. The van der Waals surface area contributed by atoms with Gasteiger partial charge in [0.25, 0.3) is 52.3 Å². The smallest absolute Gasteiger partial charge is 0.294 e. The molecule has 336 valence electrons. The second-order valence-corrected chi connectivity index (χ2v) is 19.0. The van der Waals surface area contributed by atoms with E-state index in [0.717, 1.165) is 48.5 Å². The molecule has 0 aliphatic rings. The summed E-state index contributed by atoms with van der Waals surface area (Å²) in [6, 6.07) is 18.1. The lowest BCUT2D eigenvalue weighted by atomic mass is 10.1. The molecule has 0 bridgehead atoms. The Morgan fingerprint density at radius 1 is 0.422 bits per heavy atom. The molecule has 0 aliphatic heterocycles. The maximum Gasteiger partial charge on any atom is 0.294 e. The van der Waals surface area contributed by atoms with Crippen LogP contribution in [-0.4, -0.2) is 85.7 Å². The minimum absolute atomic E-state index is 0.0655. The number of nitrogens with one attached hydrogen (secondary N) is 4. The first-order chi connectivity index (χ1) is 29.5. The van der Waals surface area contributed by atoms with Crippen molar-refractivity contribution >= 4 is 108 Å². The van der Waals surface area contributed by atoms with E-state index < -0.39 is 83.4 Å². The predicted molar refractivity (Wildman–Crippen MR) is 228 cm³/mol. The van der Waals surface area contributed by atoms with Crippen LogP contribution in [0.2, 0.25) is 0 Å². The predicted octanol–water partition coefficient (Wildman–Crippen LogP) is 4.50. The minimum Gasteiger partial charge on any atom is -0.507 e. The van der Waals surface area contributed by atoms with E-state index in [9.17, 15) is 81.3 Å². The number of phenolic OH excluding ortho intramolecular Hbond substituents is 2. The zero-order chi connectivity index (χ0) is 47.7. The molecule has 26 heteroatoms. The molecule has 0 unspecified atom stereocenters. The van der Waals surface area contributed by atoms with Gasteiger partial charge in [0, 0.05) is 59.3 Å². The molecule has 0 aromatic heterocycles. The van der Waals surface area contributed by atoms with E-state index in [0.29, 0.717) is 11.4 Å². The number of anilines is 4. The molecule has 22 nitrogen and oxygen atoms in total. The highest BCUT2D eigenvalue weighted by Crippen LogP contribution is 2.38. The molecule has 6 rings (SSSR count). The first-order valence-corrected chi connectivity index (χ1v) is 23.2. The maximum atomic E-state index is 12.7. The first-order valence-electron chi connectivity index (χ1n) is 17.4. The summed E-state index contributed by atoms with van der Waals surface area (Å²) in [4.78, 5) is 44.9. The van der Waals surface area contributed by atoms with E-state index in [-0.39, 0.29) is 55.9 Å². The molecule has 6 aromatic carbocycles. The number of hydrogen-bond donors (Lipinski definition) is 10. The zero-order valence-corrected chi connectivity index (χ0v) is 35.7. The summed E-state index contributed by atoms with van der Waals surface area (Å²) in [5.41, 5.74) is 0.426. The monoisotopic (exact) mass is 960 g/mol. The second-order valence-electron chi connectivity index (χ2n) is 13.4. The van der Waals surface area contributed by atoms with E-state index in [1.165, 1.54) is 62.4 Å². The van der Waals surface area contributed by atoms with Gasteiger partial charge in [-0.1, -0.05) is 6.07 Å². The van der Waals surface area contributed by atoms with Gasteiger partial charge in [-0.05, 0) is 89.6 Å². The van der Waals surface area contributed by atoms with Crippen LogP contribution in [0, 0.1) is 0 Å². The summed E-state index contributed by atoms with van der Waals surface area (Å²) in [7, 11) is -19.1. The molecule has 0 radical (unpaired) electrons. The molecule has 0 saturated carbocycles. The van der Waals surface area contributed by atoms with Crippen molar-refractivity contribution in [2.75, 3.05) is 21.3 Å². The molecular formula is C38H32N4O18S4. The van der Waals surface area contributed by atoms with Gasteiger partial charge in [0.05, 0.1) is 31.0 Å². The summed E-state index contributed by atoms with van der Waals surface area (Å²) in [5.74, 6) is -3.52. The lowest BCUT2D eigenvalue weighted by Gasteiger charge is -2.13. The molecule has 0 heterocycles. The Hall–Kier alpha value is -7.04. The quantitative estimate of drug-likeness (QED) is 0.0845. The summed E-state index contributed by atoms with van der Waals surface area (Å²) in [5, 5.41) is 29.8. The van der Waals surface area contributed by atoms with Crippen molar-refractivity contribution in [3.8, 4) is 11.5 Å². The average molecular weight is 961 g/mol. The standard InChI is InChI=1S/2C19H16N2O9S2/c1-10(22)20-13-4-2-11(3-5-13)19(24)21-16-8-14(31(25,26)27)6-12-7-15(32(28,29)30)9-17(23)18(12)16;1-10(22)20-13-4-2-3-11(5-13)19(24)21-16-8-14(31(25,26)27)6-12-7-15(32(28,29)30)9-17(23)18(12)16/h2*2-9,23H,1H3,(H,20,22)(H,21,24)(H,25,26,27)(H,28,29,30). The lowest BCUT2D eigenvalue weighted by Crippen LogP contribution is -2.14. The molecule has 0 atom stereocenters. The Kier molecular flexibility index (Phi) is 13.5. The van der Waals surface area contributed by atoms with Gasteiger partial charge < -0.3 is 31.5 Å². The Bertz CT molecular complexity index is 3390. The minimum atomic E-state index is -4.79. The van der Waals surface area contributed by atoms with Crippen molar-refractivity contribution in [1.29, 1.82) is 0 Å². The molecule has 0 saturated heterocycles. The molecular weight excluding hydrogens is 929 g/mol. The third-order valence-corrected chi connectivity index (χ3v) is 11.9. The van der Waals surface area contributed by atoms with Gasteiger partial charge in [-0.3, -0.25) is 37.4 Å². The van der Waals surface area contributed by atoms with Gasteiger partial charge in [0.1, 0.15) is 11.5 Å². The largest absolute Gasteiger partial charge is 0.507 e. The Balaban J connectivity index is 0.000000241. The van der Waals surface area contributed by atoms with Crippen molar-refractivity contribution in [3.05, 3.63) is 108 Å². The SMILES string of the molecule is CC(=O)Nc1ccc(C(=O)Nc2cc(S(=O)(=O)O)cc3cc(S(=O)(=O)O)cc(O)c23)cc1.CC(=O)Nc1cccc(C(=O)Nc2cc(S(=O)(=O)O)cc3cc(S(=O)(=O)O)cc(O)c23)c1. The van der Waals surface area contributed by atoms with Crippen LogP contribution in [0.5, 0.6) is 11.5 Å². The van der Waals surface area contributed by atoms with Crippen LogP contribution in [0.4, 0.5) is 22.7 Å². The number of fused-ring (bicyclic) bond motifs is 2. The van der Waals surface area contributed by atoms with Gasteiger partial charge in [-0.25, -0.2) is 0 Å². The molecule has 4 amide bonds. The fourth-order valence-electron chi connectivity index (χ4n) is 5.91. The van der Waals surface area contributed by atoms with Crippen molar-refractivity contribution in [1.82, 2.24) is 0 Å². The molecule has 6 aromatic rings. The zero-order valence-electron chi connectivity index (χ0n) is 32.5. The van der Waals surface area contributed by atoms with Crippen LogP contribution in [-0.2, 0) is 50.1 Å². The van der Waals surface area contributed by atoms with Crippen LogP contribution in [0.1, 0.15) is 34.6 Å². The third kappa shape index (κ3) is 11.7. The van der Waals surface area contributed by atoms with E-state index in [4.69, 9.17) is 0 Å². The lowest BCUT2D eigenvalue weighted by molar-refractivity contribution is -0.115. The number of aromatic hydroxyl groups is 2. The number of rotatable bonds is 10. The number of phenols is 2. The van der Waals surface area contributed by atoms with Gasteiger partial charge in [-0.15, -0.1) is 0 Å². The molecule has 0 aliphatic carbocycles. The fraction of sp³-hybridized carbons (Fsp3) is 0.0526. The highest BCUT2D eigenvalue weighted by Gasteiger charge is 2.23. The van der Waals surface area contributed by atoms with Crippen LogP contribution in [0.15, 0.2) is 117 Å². The van der Waals surface area contributed by atoms with Crippen molar-refractivity contribution in [3.63, 3.8) is 0 Å². The molecule has 0 spiro atoms. The van der Waals surface area contributed by atoms with E-state index in [1.54, 1.807) is 0 Å². The van der Waals surface area contributed by atoms with Crippen molar-refractivity contribution in [2.45, 2.75) is 33.4 Å². The van der Waals surface area contributed by atoms with Crippen molar-refractivity contribution in [2.24, 2.45) is 0 Å². The molecule has 64 heavy (non-hydrogen) atoms. The second kappa shape index (κ2) is 18.0. The van der Waals surface area contributed by atoms with Crippen LogP contribution in [0.3, 0.4) is 0 Å². The summed E-state index contributed by atoms with van der Waals surface area (Å²) in [6.07, 6.45) is 0. The average Bonchev–Trinajstić information content (AvgIpc) is 3.16. The first kappa shape index (κ1) is 48.0. The fourth-order valence-corrected chi connectivity index (χ4v) is 8.07. The topological polar surface area (TPSA) is 374 Å². The van der Waals surface area contributed by atoms with E-state index in [2.05, 4.69) is 21.3 Å². The summed E-state index contributed by atoms with van der Waals surface area (Å²) < 4.78 is 130. The van der Waals surface area contributed by atoms with Crippen LogP contribution in [0.25, 0.3) is 21.5 Å². The van der Waals surface area contributed by atoms with Gasteiger partial charge in [0.15, 0.2) is 0 Å². The van der Waals surface area contributed by atoms with Crippen LogP contribution < -0.4 is 21.3 Å². The number of carbonyl (C=O) groups is 4. The summed E-state index contributed by atoms with van der Waals surface area (Å²) in [6.45, 7) is 2.59. The Labute approximate surface area is 362 Å². The number of carbonyl (C=O) groups excluding carboxylic acids is 4. The third-order valence-electron chi connectivity index (χ3n) is 8.55. The summed E-state index contributed by atoms with van der Waals surface area (Å²) >= 11 is 0. The van der Waals surface area contributed by atoms with Crippen LogP contribution >= 0.6 is 0 Å². The number of amides is 4. The van der Waals surface area contributed by atoms with Gasteiger partial charge in [0.2, 0.25) is 11.8 Å². The molecule has 10 N–H and O–H groups in total. The highest BCUT2D eigenvalue weighted by atomic mass is 32.2. The molecule has 0 fully saturated rings. The maximum absolute atomic E-state index is 12.7.